The molecule has 1 fully saturated rings. The number of likely N-dealkylation sites (tertiary alicyclic amines) is 1. The van der Waals surface area contributed by atoms with Crippen LogP contribution in [0, 0.1) is 0 Å². The number of pyridine rings is 1. The summed E-state index contributed by atoms with van der Waals surface area (Å²) < 4.78 is 7.58. The van der Waals surface area contributed by atoms with E-state index in [9.17, 15) is 9.59 Å². The average Bonchev–Trinajstić information content (AvgIpc) is 3.26. The molecule has 140 valence electrons. The summed E-state index contributed by atoms with van der Waals surface area (Å²) in [5, 5.41) is 20.1. The zero-order chi connectivity index (χ0) is 18.8. The maximum Gasteiger partial charge on any atom is 0.328 e. The van der Waals surface area contributed by atoms with Crippen LogP contribution < -0.4 is 0 Å². The molecule has 8 nitrogen and oxygen atoms in total. The largest absolute Gasteiger partial charge is 0.478 e. The van der Waals surface area contributed by atoms with Crippen LogP contribution >= 0.6 is 0 Å². The minimum absolute atomic E-state index is 0.558. The van der Waals surface area contributed by atoms with Gasteiger partial charge in [-0.2, -0.15) is 5.10 Å². The molecule has 26 heavy (non-hydrogen) atoms. The number of nitrogens with zero attached hydrogens (tertiary/aromatic N) is 3. The third-order valence-corrected chi connectivity index (χ3v) is 3.79. The summed E-state index contributed by atoms with van der Waals surface area (Å²) in [6.07, 6.45) is 5.76. The predicted molar refractivity (Wildman–Crippen MR) is 94.9 cm³/mol. The molecule has 0 aliphatic carbocycles. The van der Waals surface area contributed by atoms with Crippen molar-refractivity contribution in [3.05, 3.63) is 48.3 Å². The summed E-state index contributed by atoms with van der Waals surface area (Å²) in [5.74, 6) is -2.51. The van der Waals surface area contributed by atoms with Gasteiger partial charge in [0.25, 0.3) is 0 Å². The molecular weight excluding hydrogens is 338 g/mol. The maximum absolute atomic E-state index is 9.55. The SMILES string of the molecule is O=C(O)/C=C\C(=O)O.c1ccn2nc(COCCN3CCCC3)cc2c1. The van der Waals surface area contributed by atoms with Crippen molar-refractivity contribution in [1.29, 1.82) is 0 Å². The van der Waals surface area contributed by atoms with Crippen molar-refractivity contribution in [2.24, 2.45) is 0 Å². The van der Waals surface area contributed by atoms with Gasteiger partial charge >= 0.3 is 11.9 Å². The van der Waals surface area contributed by atoms with Crippen LogP contribution in [0.5, 0.6) is 0 Å². The molecule has 1 aliphatic rings. The number of carbonyl (C=O) groups is 2. The van der Waals surface area contributed by atoms with Crippen LogP contribution in [0.2, 0.25) is 0 Å². The fourth-order valence-corrected chi connectivity index (χ4v) is 2.58. The Balaban J connectivity index is 0.000000260. The molecule has 8 heteroatoms. The molecule has 3 rings (SSSR count). The highest BCUT2D eigenvalue weighted by molar-refractivity contribution is 5.89. The molecule has 0 radical (unpaired) electrons. The van der Waals surface area contributed by atoms with E-state index in [1.807, 2.05) is 22.8 Å². The van der Waals surface area contributed by atoms with Gasteiger partial charge < -0.3 is 19.8 Å². The van der Waals surface area contributed by atoms with E-state index in [1.54, 1.807) is 0 Å². The Morgan fingerprint density at radius 1 is 1.15 bits per heavy atom. The van der Waals surface area contributed by atoms with E-state index in [2.05, 4.69) is 22.1 Å². The second-order valence-electron chi connectivity index (χ2n) is 5.82. The van der Waals surface area contributed by atoms with Gasteiger partial charge in [0, 0.05) is 24.9 Å². The van der Waals surface area contributed by atoms with Gasteiger partial charge in [0.2, 0.25) is 0 Å². The first-order valence-corrected chi connectivity index (χ1v) is 8.42. The van der Waals surface area contributed by atoms with Gasteiger partial charge in [0.05, 0.1) is 24.4 Å². The van der Waals surface area contributed by atoms with Crippen molar-refractivity contribution in [2.45, 2.75) is 19.4 Å². The Kier molecular flexibility index (Phi) is 7.78. The highest BCUT2D eigenvalue weighted by Gasteiger charge is 2.10. The van der Waals surface area contributed by atoms with E-state index in [0.29, 0.717) is 18.8 Å². The van der Waals surface area contributed by atoms with Crippen molar-refractivity contribution >= 4 is 17.5 Å². The summed E-state index contributed by atoms with van der Waals surface area (Å²) >= 11 is 0. The Labute approximate surface area is 151 Å². The molecule has 1 saturated heterocycles. The van der Waals surface area contributed by atoms with Gasteiger partial charge in [-0.1, -0.05) is 6.07 Å². The summed E-state index contributed by atoms with van der Waals surface area (Å²) in [7, 11) is 0. The van der Waals surface area contributed by atoms with Crippen molar-refractivity contribution in [2.75, 3.05) is 26.2 Å². The van der Waals surface area contributed by atoms with Gasteiger partial charge in [-0.15, -0.1) is 0 Å². The Morgan fingerprint density at radius 2 is 1.85 bits per heavy atom. The second kappa shape index (κ2) is 10.3. The van der Waals surface area contributed by atoms with Gasteiger partial charge in [-0.3, -0.25) is 0 Å². The van der Waals surface area contributed by atoms with Crippen LogP contribution in [0.4, 0.5) is 0 Å². The lowest BCUT2D eigenvalue weighted by molar-refractivity contribution is -0.134. The molecule has 2 aromatic rings. The van der Waals surface area contributed by atoms with Crippen molar-refractivity contribution in [1.82, 2.24) is 14.5 Å². The highest BCUT2D eigenvalue weighted by atomic mass is 16.5. The number of carboxylic acid groups (broad SMARTS) is 2. The average molecular weight is 361 g/mol. The third-order valence-electron chi connectivity index (χ3n) is 3.79. The van der Waals surface area contributed by atoms with Crippen molar-refractivity contribution in [3.63, 3.8) is 0 Å². The molecule has 0 bridgehead atoms. The summed E-state index contributed by atoms with van der Waals surface area (Å²) in [6.45, 7) is 4.92. The number of aromatic nitrogens is 2. The van der Waals surface area contributed by atoms with Gasteiger partial charge in [-0.25, -0.2) is 14.1 Å². The minimum atomic E-state index is -1.26. The van der Waals surface area contributed by atoms with E-state index >= 15 is 0 Å². The molecule has 2 N–H and O–H groups in total. The molecule has 0 atom stereocenters. The van der Waals surface area contributed by atoms with Crippen molar-refractivity contribution < 1.29 is 24.5 Å². The first-order valence-electron chi connectivity index (χ1n) is 8.42. The van der Waals surface area contributed by atoms with Crippen LogP contribution in [0.15, 0.2) is 42.6 Å². The Hall–Kier alpha value is -2.71. The van der Waals surface area contributed by atoms with Crippen LogP contribution in [-0.2, 0) is 20.9 Å². The molecule has 0 saturated carbocycles. The monoisotopic (exact) mass is 361 g/mol. The molecule has 0 aromatic carbocycles. The van der Waals surface area contributed by atoms with Gasteiger partial charge in [0.15, 0.2) is 0 Å². The van der Waals surface area contributed by atoms with Crippen LogP contribution in [0.25, 0.3) is 5.52 Å². The van der Waals surface area contributed by atoms with Crippen LogP contribution in [0.1, 0.15) is 18.5 Å². The van der Waals surface area contributed by atoms with E-state index in [1.165, 1.54) is 25.9 Å². The second-order valence-corrected chi connectivity index (χ2v) is 5.82. The number of rotatable bonds is 7. The number of hydrogen-bond donors (Lipinski definition) is 2. The Morgan fingerprint density at radius 3 is 2.46 bits per heavy atom. The lowest BCUT2D eigenvalue weighted by atomic mass is 10.4. The first-order chi connectivity index (χ1) is 12.5. The van der Waals surface area contributed by atoms with E-state index in [0.717, 1.165) is 24.4 Å². The lowest BCUT2D eigenvalue weighted by Crippen LogP contribution is -2.23. The lowest BCUT2D eigenvalue weighted by Gasteiger charge is -2.13. The topological polar surface area (TPSA) is 104 Å². The number of fused-ring (bicyclic) bond motifs is 1. The molecular formula is C18H23N3O5. The standard InChI is InChI=1S/C14H19N3O.C4H4O4/c1-2-8-17-14(5-1)11-13(15-17)12-18-10-9-16-6-3-4-7-16;5-3(6)1-2-4(7)8/h1-2,5,8,11H,3-4,6-7,9-10,12H2;1-2H,(H,5,6)(H,7,8)/b;2-1-. The normalized spacial score (nSPS) is 14.5. The fourth-order valence-electron chi connectivity index (χ4n) is 2.58. The molecule has 0 spiro atoms. The zero-order valence-electron chi connectivity index (χ0n) is 14.5. The molecule has 0 amide bonds. The highest BCUT2D eigenvalue weighted by Crippen LogP contribution is 2.08. The molecule has 1 aliphatic heterocycles. The van der Waals surface area contributed by atoms with Gasteiger partial charge in [-0.05, 0) is 44.1 Å². The first kappa shape index (κ1) is 19.6. The van der Waals surface area contributed by atoms with Crippen LogP contribution in [0.3, 0.4) is 0 Å². The van der Waals surface area contributed by atoms with Crippen LogP contribution in [-0.4, -0.2) is 62.9 Å². The Bertz CT molecular complexity index is 701. The zero-order valence-corrected chi connectivity index (χ0v) is 14.5. The predicted octanol–water partition coefficient (Wildman–Crippen LogP) is 1.66. The summed E-state index contributed by atoms with van der Waals surface area (Å²) in [5.41, 5.74) is 2.12. The molecule has 0 unspecified atom stereocenters. The quantitative estimate of drug-likeness (QED) is 0.571. The van der Waals surface area contributed by atoms with E-state index in [-0.39, 0.29) is 0 Å². The number of carboxylic acids is 2. The third kappa shape index (κ3) is 7.04. The summed E-state index contributed by atoms with van der Waals surface area (Å²) in [4.78, 5) is 21.6. The molecule has 3 heterocycles. The smallest absolute Gasteiger partial charge is 0.328 e. The number of ether oxygens (including phenoxy) is 1. The minimum Gasteiger partial charge on any atom is -0.478 e. The number of aliphatic carboxylic acids is 2. The fraction of sp³-hybridized carbons (Fsp3) is 0.389. The van der Waals surface area contributed by atoms with E-state index < -0.39 is 11.9 Å². The van der Waals surface area contributed by atoms with Gasteiger partial charge in [0.1, 0.15) is 0 Å². The van der Waals surface area contributed by atoms with Crippen molar-refractivity contribution in [3.8, 4) is 0 Å². The molecule has 2 aromatic heterocycles. The summed E-state index contributed by atoms with van der Waals surface area (Å²) in [6, 6.07) is 8.14. The van der Waals surface area contributed by atoms with E-state index in [4.69, 9.17) is 14.9 Å². The maximum atomic E-state index is 9.55. The number of hydrogen-bond acceptors (Lipinski definition) is 5.